The lowest BCUT2D eigenvalue weighted by Gasteiger charge is -2.15. The number of benzene rings is 2. The van der Waals surface area contributed by atoms with Gasteiger partial charge in [-0.15, -0.1) is 0 Å². The zero-order valence-corrected chi connectivity index (χ0v) is 17.2. The Labute approximate surface area is 174 Å². The summed E-state index contributed by atoms with van der Waals surface area (Å²) in [5, 5.41) is 12.6. The number of aryl methyl sites for hydroxylation is 2. The van der Waals surface area contributed by atoms with Crippen molar-refractivity contribution in [1.29, 1.82) is 0 Å². The quantitative estimate of drug-likeness (QED) is 0.557. The van der Waals surface area contributed by atoms with Gasteiger partial charge in [-0.1, -0.05) is 48.5 Å². The van der Waals surface area contributed by atoms with Gasteiger partial charge in [-0.2, -0.15) is 10.2 Å². The molecule has 2 aromatic carbocycles. The van der Waals surface area contributed by atoms with Crippen LogP contribution in [0.25, 0.3) is 16.6 Å². The van der Waals surface area contributed by atoms with E-state index in [-0.39, 0.29) is 11.5 Å². The zero-order chi connectivity index (χ0) is 21.3. The van der Waals surface area contributed by atoms with Crippen molar-refractivity contribution in [1.82, 2.24) is 24.9 Å². The highest BCUT2D eigenvalue weighted by atomic mass is 16.2. The lowest BCUT2D eigenvalue weighted by atomic mass is 10.2. The van der Waals surface area contributed by atoms with E-state index in [0.717, 1.165) is 22.3 Å². The topological polar surface area (TPSA) is 81.8 Å². The van der Waals surface area contributed by atoms with Gasteiger partial charge in [0.05, 0.1) is 22.5 Å². The maximum atomic E-state index is 13.1. The Morgan fingerprint density at radius 2 is 1.63 bits per heavy atom. The molecule has 1 atom stereocenters. The van der Waals surface area contributed by atoms with Crippen LogP contribution in [-0.2, 0) is 11.3 Å². The lowest BCUT2D eigenvalue weighted by molar-refractivity contribution is -0.124. The fraction of sp³-hybridized carbons (Fsp3) is 0.217. The normalized spacial score (nSPS) is 12.1. The first kappa shape index (κ1) is 19.6. The first-order valence-corrected chi connectivity index (χ1v) is 9.83. The number of carbonyl (C=O) groups excluding carboxylic acids is 1. The van der Waals surface area contributed by atoms with Gasteiger partial charge in [0, 0.05) is 6.54 Å². The third kappa shape index (κ3) is 3.50. The maximum Gasteiger partial charge on any atom is 0.295 e. The molecule has 0 saturated carbocycles. The second-order valence-corrected chi connectivity index (χ2v) is 7.27. The molecule has 1 amide bonds. The fourth-order valence-corrected chi connectivity index (χ4v) is 3.58. The SMILES string of the molecule is Cc1nn([C@H](C)C(=O)NCc2ccccc2)c(=O)c2nn(-c3ccccc3)c(C)c12. The lowest BCUT2D eigenvalue weighted by Crippen LogP contribution is -2.37. The van der Waals surface area contributed by atoms with Crippen LogP contribution in [0.15, 0.2) is 65.5 Å². The van der Waals surface area contributed by atoms with Gasteiger partial charge in [0.2, 0.25) is 5.91 Å². The third-order valence-electron chi connectivity index (χ3n) is 5.20. The number of fused-ring (bicyclic) bond motifs is 1. The molecule has 7 nitrogen and oxygen atoms in total. The van der Waals surface area contributed by atoms with Crippen LogP contribution in [0.3, 0.4) is 0 Å². The summed E-state index contributed by atoms with van der Waals surface area (Å²) in [6, 6.07) is 18.5. The first-order valence-electron chi connectivity index (χ1n) is 9.83. The molecule has 152 valence electrons. The Bertz CT molecular complexity index is 1260. The van der Waals surface area contributed by atoms with Crippen molar-refractivity contribution in [2.45, 2.75) is 33.4 Å². The molecule has 2 aromatic heterocycles. The van der Waals surface area contributed by atoms with Crippen molar-refractivity contribution in [3.8, 4) is 5.69 Å². The van der Waals surface area contributed by atoms with E-state index < -0.39 is 6.04 Å². The van der Waals surface area contributed by atoms with Gasteiger partial charge in [-0.3, -0.25) is 9.59 Å². The van der Waals surface area contributed by atoms with Crippen molar-refractivity contribution < 1.29 is 4.79 Å². The number of carbonyl (C=O) groups is 1. The Hall–Kier alpha value is -3.74. The molecule has 0 unspecified atom stereocenters. The Balaban J connectivity index is 1.69. The predicted molar refractivity (Wildman–Crippen MR) is 116 cm³/mol. The molecule has 0 fully saturated rings. The molecule has 0 aliphatic rings. The molecule has 0 spiro atoms. The van der Waals surface area contributed by atoms with Gasteiger partial charge in [0.15, 0.2) is 5.52 Å². The summed E-state index contributed by atoms with van der Waals surface area (Å²) in [5.74, 6) is -0.272. The van der Waals surface area contributed by atoms with E-state index in [9.17, 15) is 9.59 Å². The summed E-state index contributed by atoms with van der Waals surface area (Å²) in [5.41, 5.74) is 3.29. The second kappa shape index (κ2) is 7.94. The molecule has 0 radical (unpaired) electrons. The van der Waals surface area contributed by atoms with E-state index in [1.54, 1.807) is 11.6 Å². The van der Waals surface area contributed by atoms with Gasteiger partial charge in [0.25, 0.3) is 5.56 Å². The smallest absolute Gasteiger partial charge is 0.295 e. The monoisotopic (exact) mass is 401 g/mol. The van der Waals surface area contributed by atoms with Gasteiger partial charge in [-0.05, 0) is 38.5 Å². The van der Waals surface area contributed by atoms with Crippen LogP contribution >= 0.6 is 0 Å². The van der Waals surface area contributed by atoms with Crippen molar-refractivity contribution >= 4 is 16.8 Å². The van der Waals surface area contributed by atoms with E-state index in [0.29, 0.717) is 17.8 Å². The summed E-state index contributed by atoms with van der Waals surface area (Å²) in [7, 11) is 0. The summed E-state index contributed by atoms with van der Waals surface area (Å²) >= 11 is 0. The molecule has 0 bridgehead atoms. The van der Waals surface area contributed by atoms with Crippen LogP contribution in [0.5, 0.6) is 0 Å². The van der Waals surface area contributed by atoms with E-state index >= 15 is 0 Å². The van der Waals surface area contributed by atoms with Crippen molar-refractivity contribution in [2.75, 3.05) is 0 Å². The van der Waals surface area contributed by atoms with Gasteiger partial charge in [-0.25, -0.2) is 9.36 Å². The Morgan fingerprint density at radius 1 is 1.00 bits per heavy atom. The minimum atomic E-state index is -0.758. The number of aromatic nitrogens is 4. The number of hydrogen-bond donors (Lipinski definition) is 1. The summed E-state index contributed by atoms with van der Waals surface area (Å²) in [6.07, 6.45) is 0. The highest BCUT2D eigenvalue weighted by Gasteiger charge is 2.23. The van der Waals surface area contributed by atoms with Gasteiger partial charge >= 0.3 is 0 Å². The molecule has 0 aliphatic carbocycles. The number of amides is 1. The standard InChI is InChI=1S/C23H23N5O2/c1-15-20-16(2)27(19-12-8-5-9-13-19)26-21(20)23(30)28(25-15)17(3)22(29)24-14-18-10-6-4-7-11-18/h4-13,17H,14H2,1-3H3,(H,24,29)/t17-/m1/s1. The van der Waals surface area contributed by atoms with Crippen LogP contribution < -0.4 is 10.9 Å². The van der Waals surface area contributed by atoms with Crippen molar-refractivity contribution in [2.24, 2.45) is 0 Å². The van der Waals surface area contributed by atoms with Gasteiger partial charge in [0.1, 0.15) is 6.04 Å². The molecular weight excluding hydrogens is 378 g/mol. The van der Waals surface area contributed by atoms with E-state index in [1.165, 1.54) is 4.68 Å². The summed E-state index contributed by atoms with van der Waals surface area (Å²) in [6.45, 7) is 5.80. The first-order chi connectivity index (χ1) is 14.5. The fourth-order valence-electron chi connectivity index (χ4n) is 3.58. The van der Waals surface area contributed by atoms with Crippen LogP contribution in [0.4, 0.5) is 0 Å². The van der Waals surface area contributed by atoms with E-state index in [4.69, 9.17) is 0 Å². The minimum absolute atomic E-state index is 0.272. The number of para-hydroxylation sites is 1. The summed E-state index contributed by atoms with van der Waals surface area (Å²) < 4.78 is 2.96. The molecule has 1 N–H and O–H groups in total. The molecule has 4 rings (SSSR count). The minimum Gasteiger partial charge on any atom is -0.350 e. The van der Waals surface area contributed by atoms with Crippen molar-refractivity contribution in [3.63, 3.8) is 0 Å². The van der Waals surface area contributed by atoms with Crippen molar-refractivity contribution in [3.05, 3.63) is 88.0 Å². The average Bonchev–Trinajstić information content (AvgIpc) is 3.13. The average molecular weight is 401 g/mol. The van der Waals surface area contributed by atoms with E-state index in [2.05, 4.69) is 15.5 Å². The number of hydrogen-bond acceptors (Lipinski definition) is 4. The molecule has 4 aromatic rings. The summed E-state index contributed by atoms with van der Waals surface area (Å²) in [4.78, 5) is 25.8. The highest BCUT2D eigenvalue weighted by molar-refractivity contribution is 5.84. The highest BCUT2D eigenvalue weighted by Crippen LogP contribution is 2.21. The van der Waals surface area contributed by atoms with Crippen LogP contribution in [-0.4, -0.2) is 25.5 Å². The molecule has 2 heterocycles. The van der Waals surface area contributed by atoms with E-state index in [1.807, 2.05) is 74.5 Å². The van der Waals surface area contributed by atoms with Crippen LogP contribution in [0.2, 0.25) is 0 Å². The predicted octanol–water partition coefficient (Wildman–Crippen LogP) is 3.08. The molecule has 7 heteroatoms. The second-order valence-electron chi connectivity index (χ2n) is 7.27. The third-order valence-corrected chi connectivity index (χ3v) is 5.20. The molecule has 30 heavy (non-hydrogen) atoms. The Morgan fingerprint density at radius 3 is 2.30 bits per heavy atom. The largest absolute Gasteiger partial charge is 0.350 e. The molecule has 0 aliphatic heterocycles. The molecule has 0 saturated heterocycles. The van der Waals surface area contributed by atoms with Gasteiger partial charge < -0.3 is 5.32 Å². The number of rotatable bonds is 5. The zero-order valence-electron chi connectivity index (χ0n) is 17.2. The maximum absolute atomic E-state index is 13.1. The van der Waals surface area contributed by atoms with Crippen LogP contribution in [0.1, 0.15) is 29.9 Å². The van der Waals surface area contributed by atoms with Crippen LogP contribution in [0, 0.1) is 13.8 Å². The molecular formula is C23H23N5O2. The number of nitrogens with one attached hydrogen (secondary N) is 1. The number of nitrogens with zero attached hydrogens (tertiary/aromatic N) is 4. The Kier molecular flexibility index (Phi) is 5.18.